The molecule has 1 aromatic heterocycles. The van der Waals surface area contributed by atoms with E-state index in [-0.39, 0.29) is 0 Å². The third kappa shape index (κ3) is 3.87. The van der Waals surface area contributed by atoms with Crippen LogP contribution in [-0.4, -0.2) is 22.5 Å². The molecule has 1 aromatic rings. The Morgan fingerprint density at radius 1 is 1.44 bits per heavy atom. The highest BCUT2D eigenvalue weighted by atomic mass is 79.9. The van der Waals surface area contributed by atoms with Crippen molar-refractivity contribution in [1.82, 2.24) is 4.98 Å². The van der Waals surface area contributed by atoms with Crippen molar-refractivity contribution in [3.05, 3.63) is 30.1 Å². The van der Waals surface area contributed by atoms with Crippen LogP contribution in [-0.2, 0) is 11.2 Å². The maximum absolute atomic E-state index is 5.62. The van der Waals surface area contributed by atoms with E-state index in [0.717, 1.165) is 13.0 Å². The van der Waals surface area contributed by atoms with Crippen LogP contribution in [0.2, 0.25) is 0 Å². The number of hydrogen-bond acceptors (Lipinski definition) is 2. The van der Waals surface area contributed by atoms with Gasteiger partial charge in [-0.25, -0.2) is 0 Å². The molecule has 0 aromatic carbocycles. The fourth-order valence-corrected chi connectivity index (χ4v) is 2.75. The van der Waals surface area contributed by atoms with E-state index in [1.807, 2.05) is 12.4 Å². The predicted molar refractivity (Wildman–Crippen MR) is 68.9 cm³/mol. The van der Waals surface area contributed by atoms with Crippen LogP contribution in [0.15, 0.2) is 24.5 Å². The number of alkyl halides is 1. The van der Waals surface area contributed by atoms with Gasteiger partial charge in [-0.05, 0) is 49.8 Å². The topological polar surface area (TPSA) is 22.1 Å². The van der Waals surface area contributed by atoms with Gasteiger partial charge in [0.25, 0.3) is 0 Å². The van der Waals surface area contributed by atoms with Crippen molar-refractivity contribution in [2.75, 3.05) is 6.61 Å². The minimum atomic E-state index is 0.512. The molecule has 0 aliphatic carbocycles. The van der Waals surface area contributed by atoms with Crippen LogP contribution in [0.1, 0.15) is 31.2 Å². The summed E-state index contributed by atoms with van der Waals surface area (Å²) in [6.45, 7) is 0.960. The van der Waals surface area contributed by atoms with Crippen LogP contribution in [0.5, 0.6) is 0 Å². The van der Waals surface area contributed by atoms with E-state index in [9.17, 15) is 0 Å². The molecule has 2 nitrogen and oxygen atoms in total. The second kappa shape index (κ2) is 6.36. The highest BCUT2D eigenvalue weighted by molar-refractivity contribution is 9.09. The lowest BCUT2D eigenvalue weighted by molar-refractivity contribution is 0.102. The Morgan fingerprint density at radius 3 is 2.94 bits per heavy atom. The maximum Gasteiger partial charge on any atom is 0.0576 e. The summed E-state index contributed by atoms with van der Waals surface area (Å²) >= 11 is 3.75. The molecule has 0 N–H and O–H groups in total. The van der Waals surface area contributed by atoms with E-state index in [0.29, 0.717) is 10.9 Å². The largest absolute Gasteiger partial charge is 0.378 e. The van der Waals surface area contributed by atoms with Gasteiger partial charge in [0.05, 0.1) is 6.10 Å². The summed E-state index contributed by atoms with van der Waals surface area (Å²) in [5, 5.41) is 0. The van der Waals surface area contributed by atoms with Crippen molar-refractivity contribution >= 4 is 15.9 Å². The van der Waals surface area contributed by atoms with E-state index in [4.69, 9.17) is 4.74 Å². The molecule has 0 radical (unpaired) electrons. The maximum atomic E-state index is 5.62. The zero-order valence-electron chi connectivity index (χ0n) is 9.44. The Labute approximate surface area is 106 Å². The van der Waals surface area contributed by atoms with Gasteiger partial charge in [-0.3, -0.25) is 4.98 Å². The summed E-state index contributed by atoms with van der Waals surface area (Å²) in [6, 6.07) is 4.17. The molecule has 0 spiro atoms. The first-order valence-corrected chi connectivity index (χ1v) is 6.91. The second-order valence-electron chi connectivity index (χ2n) is 4.37. The SMILES string of the molecule is BrC(CCC1CCCO1)Cc1ccncc1. The molecule has 0 amide bonds. The fourth-order valence-electron chi connectivity index (χ4n) is 2.12. The van der Waals surface area contributed by atoms with Crippen molar-refractivity contribution in [2.45, 2.75) is 43.0 Å². The second-order valence-corrected chi connectivity index (χ2v) is 5.66. The van der Waals surface area contributed by atoms with Crippen LogP contribution < -0.4 is 0 Å². The average molecular weight is 284 g/mol. The number of aromatic nitrogens is 1. The Bertz CT molecular complexity index is 298. The molecule has 88 valence electrons. The first-order valence-electron chi connectivity index (χ1n) is 5.99. The van der Waals surface area contributed by atoms with Crippen molar-refractivity contribution < 1.29 is 4.74 Å². The van der Waals surface area contributed by atoms with Gasteiger partial charge in [-0.2, -0.15) is 0 Å². The van der Waals surface area contributed by atoms with E-state index >= 15 is 0 Å². The van der Waals surface area contributed by atoms with Crippen molar-refractivity contribution in [3.8, 4) is 0 Å². The number of hydrogen-bond donors (Lipinski definition) is 0. The first-order chi connectivity index (χ1) is 7.84. The molecule has 2 heterocycles. The van der Waals surface area contributed by atoms with E-state index in [2.05, 4.69) is 33.0 Å². The summed E-state index contributed by atoms with van der Waals surface area (Å²) in [6.07, 6.45) is 10.2. The summed E-state index contributed by atoms with van der Waals surface area (Å²) in [5.41, 5.74) is 1.35. The van der Waals surface area contributed by atoms with Crippen LogP contribution in [0.3, 0.4) is 0 Å². The lowest BCUT2D eigenvalue weighted by atomic mass is 10.0. The molecule has 0 saturated carbocycles. The first kappa shape index (κ1) is 12.1. The molecule has 2 atom stereocenters. The number of halogens is 1. The van der Waals surface area contributed by atoms with E-state index < -0.39 is 0 Å². The average Bonchev–Trinajstić information content (AvgIpc) is 2.81. The molecule has 16 heavy (non-hydrogen) atoms. The standard InChI is InChI=1S/C13H18BrNO/c14-12(3-4-13-2-1-9-16-13)10-11-5-7-15-8-6-11/h5-8,12-13H,1-4,9-10H2. The fraction of sp³-hybridized carbons (Fsp3) is 0.615. The Morgan fingerprint density at radius 2 is 2.25 bits per heavy atom. The lowest BCUT2D eigenvalue weighted by Gasteiger charge is -2.13. The van der Waals surface area contributed by atoms with Gasteiger partial charge in [0.2, 0.25) is 0 Å². The number of rotatable bonds is 5. The molecule has 1 fully saturated rings. The molecule has 1 saturated heterocycles. The molecule has 1 aliphatic heterocycles. The van der Waals surface area contributed by atoms with Crippen LogP contribution in [0.4, 0.5) is 0 Å². The third-order valence-corrected chi connectivity index (χ3v) is 3.81. The van der Waals surface area contributed by atoms with Gasteiger partial charge in [-0.1, -0.05) is 15.9 Å². The van der Waals surface area contributed by atoms with Crippen LogP contribution in [0, 0.1) is 0 Å². The van der Waals surface area contributed by atoms with Crippen molar-refractivity contribution in [2.24, 2.45) is 0 Å². The quantitative estimate of drug-likeness (QED) is 0.774. The Kier molecular flexibility index (Phi) is 4.79. The van der Waals surface area contributed by atoms with E-state index in [1.54, 1.807) is 0 Å². The smallest absolute Gasteiger partial charge is 0.0576 e. The molecular weight excluding hydrogens is 266 g/mol. The highest BCUT2D eigenvalue weighted by Gasteiger charge is 2.16. The third-order valence-electron chi connectivity index (χ3n) is 3.03. The molecule has 2 unspecified atom stereocenters. The van der Waals surface area contributed by atoms with E-state index in [1.165, 1.54) is 31.2 Å². The number of ether oxygens (including phenoxy) is 1. The zero-order valence-corrected chi connectivity index (χ0v) is 11.0. The zero-order chi connectivity index (χ0) is 11.2. The minimum Gasteiger partial charge on any atom is -0.378 e. The van der Waals surface area contributed by atoms with Gasteiger partial charge < -0.3 is 4.74 Å². The summed E-state index contributed by atoms with van der Waals surface area (Å²) in [7, 11) is 0. The van der Waals surface area contributed by atoms with Gasteiger partial charge in [0.15, 0.2) is 0 Å². The molecule has 0 bridgehead atoms. The van der Waals surface area contributed by atoms with Gasteiger partial charge >= 0.3 is 0 Å². The number of pyridine rings is 1. The Balaban J connectivity index is 1.69. The Hall–Kier alpha value is -0.410. The molecule has 3 heteroatoms. The van der Waals surface area contributed by atoms with Gasteiger partial charge in [0.1, 0.15) is 0 Å². The summed E-state index contributed by atoms with van der Waals surface area (Å²) < 4.78 is 5.62. The summed E-state index contributed by atoms with van der Waals surface area (Å²) in [4.78, 5) is 4.58. The molecular formula is C13H18BrNO. The molecule has 1 aliphatic rings. The highest BCUT2D eigenvalue weighted by Crippen LogP contribution is 2.21. The monoisotopic (exact) mass is 283 g/mol. The van der Waals surface area contributed by atoms with Gasteiger partial charge in [-0.15, -0.1) is 0 Å². The lowest BCUT2D eigenvalue weighted by Crippen LogP contribution is -2.10. The van der Waals surface area contributed by atoms with Crippen molar-refractivity contribution in [3.63, 3.8) is 0 Å². The normalized spacial score (nSPS) is 22.2. The predicted octanol–water partition coefficient (Wildman–Crippen LogP) is 3.35. The van der Waals surface area contributed by atoms with Gasteiger partial charge in [0, 0.05) is 23.8 Å². The van der Waals surface area contributed by atoms with Crippen LogP contribution >= 0.6 is 15.9 Å². The van der Waals surface area contributed by atoms with Crippen molar-refractivity contribution in [1.29, 1.82) is 0 Å². The minimum absolute atomic E-state index is 0.512. The summed E-state index contributed by atoms with van der Waals surface area (Å²) in [5.74, 6) is 0. The molecule has 2 rings (SSSR count). The number of nitrogens with zero attached hydrogens (tertiary/aromatic N) is 1. The van der Waals surface area contributed by atoms with Crippen LogP contribution in [0.25, 0.3) is 0 Å².